The van der Waals surface area contributed by atoms with Crippen molar-refractivity contribution in [2.75, 3.05) is 27.4 Å². The van der Waals surface area contributed by atoms with E-state index < -0.39 is 6.03 Å². The molecule has 2 aromatic carbocycles. The van der Waals surface area contributed by atoms with Gasteiger partial charge < -0.3 is 24.8 Å². The lowest BCUT2D eigenvalue weighted by Crippen LogP contribution is -2.40. The Kier molecular flexibility index (Phi) is 8.88. The number of urea groups is 1. The molecule has 2 aromatic rings. The van der Waals surface area contributed by atoms with Crippen LogP contribution < -0.4 is 15.2 Å². The first kappa shape index (κ1) is 24.2. The molecule has 31 heavy (non-hydrogen) atoms. The van der Waals surface area contributed by atoms with Gasteiger partial charge in [0.1, 0.15) is 17.1 Å². The van der Waals surface area contributed by atoms with Crippen molar-refractivity contribution in [1.29, 1.82) is 0 Å². The summed E-state index contributed by atoms with van der Waals surface area (Å²) in [6, 6.07) is 10.7. The van der Waals surface area contributed by atoms with Crippen molar-refractivity contribution in [1.82, 2.24) is 4.90 Å². The van der Waals surface area contributed by atoms with E-state index in [1.165, 1.54) is 21.1 Å². The van der Waals surface area contributed by atoms with Gasteiger partial charge in [0.15, 0.2) is 5.78 Å². The van der Waals surface area contributed by atoms with E-state index in [9.17, 15) is 9.59 Å². The molecule has 2 amide bonds. The smallest absolute Gasteiger partial charge is 0.315 e. The van der Waals surface area contributed by atoms with Crippen LogP contribution in [0, 0.1) is 0 Å². The van der Waals surface area contributed by atoms with Crippen molar-refractivity contribution in [3.8, 4) is 11.5 Å². The van der Waals surface area contributed by atoms with E-state index in [-0.39, 0.29) is 11.8 Å². The van der Waals surface area contributed by atoms with Crippen molar-refractivity contribution in [3.05, 3.63) is 58.7 Å². The number of primary amides is 1. The third kappa shape index (κ3) is 5.76. The third-order valence-corrected chi connectivity index (χ3v) is 5.30. The minimum absolute atomic E-state index is 0.149. The van der Waals surface area contributed by atoms with Gasteiger partial charge in [-0.25, -0.2) is 4.79 Å². The van der Waals surface area contributed by atoms with Gasteiger partial charge in [0.25, 0.3) is 0 Å². The first-order chi connectivity index (χ1) is 14.8. The number of rotatable bonds is 11. The van der Waals surface area contributed by atoms with Gasteiger partial charge in [-0.3, -0.25) is 4.79 Å². The molecule has 0 saturated carbocycles. The Bertz CT molecular complexity index is 899. The van der Waals surface area contributed by atoms with Gasteiger partial charge in [-0.05, 0) is 37.5 Å². The molecule has 7 nitrogen and oxygen atoms in total. The van der Waals surface area contributed by atoms with Crippen LogP contribution >= 0.6 is 0 Å². The molecular formula is C24H32N2O5. The molecule has 0 saturated heterocycles. The minimum atomic E-state index is -0.550. The van der Waals surface area contributed by atoms with Crippen molar-refractivity contribution >= 4 is 11.8 Å². The molecule has 0 aliphatic carbocycles. The molecule has 0 aromatic heterocycles. The standard InChI is InChI=1S/C24H32N2O5/c1-6-19-20(14-21(29-4)22(17(3)27)23(19)30-5)16(2)26(24(25)28)12-13-31-15-18-10-8-7-9-11-18/h7-11,14,16H,6,12-13,15H2,1-5H3,(H2,25,28). The second kappa shape index (κ2) is 11.4. The van der Waals surface area contributed by atoms with Crippen molar-refractivity contribution < 1.29 is 23.8 Å². The van der Waals surface area contributed by atoms with Gasteiger partial charge in [-0.15, -0.1) is 0 Å². The summed E-state index contributed by atoms with van der Waals surface area (Å²) in [4.78, 5) is 26.0. The average molecular weight is 429 g/mol. The number of ketones is 1. The van der Waals surface area contributed by atoms with Gasteiger partial charge >= 0.3 is 6.03 Å². The average Bonchev–Trinajstić information content (AvgIpc) is 2.77. The zero-order valence-corrected chi connectivity index (χ0v) is 18.9. The highest BCUT2D eigenvalue weighted by molar-refractivity contribution is 6.00. The molecule has 0 radical (unpaired) electrons. The molecule has 0 bridgehead atoms. The molecule has 0 aliphatic rings. The predicted molar refractivity (Wildman–Crippen MR) is 120 cm³/mol. The summed E-state index contributed by atoms with van der Waals surface area (Å²) in [5.74, 6) is 0.734. The van der Waals surface area contributed by atoms with Crippen LogP contribution in [0.15, 0.2) is 36.4 Å². The third-order valence-electron chi connectivity index (χ3n) is 5.30. The zero-order chi connectivity index (χ0) is 23.0. The fourth-order valence-electron chi connectivity index (χ4n) is 3.74. The van der Waals surface area contributed by atoms with Crippen molar-refractivity contribution in [3.63, 3.8) is 0 Å². The van der Waals surface area contributed by atoms with Gasteiger partial charge in [-0.1, -0.05) is 37.3 Å². The molecule has 0 spiro atoms. The van der Waals surface area contributed by atoms with Crippen molar-refractivity contribution in [2.45, 2.75) is 39.8 Å². The Morgan fingerprint density at radius 1 is 1.13 bits per heavy atom. The number of Topliss-reactive ketones (excluding diaryl/α,β-unsaturated/α-hetero) is 1. The summed E-state index contributed by atoms with van der Waals surface area (Å²) in [5.41, 5.74) is 8.82. The molecule has 0 aliphatic heterocycles. The maximum atomic E-state index is 12.2. The van der Waals surface area contributed by atoms with E-state index in [0.29, 0.717) is 43.2 Å². The van der Waals surface area contributed by atoms with Crippen LogP contribution in [0.4, 0.5) is 4.79 Å². The largest absolute Gasteiger partial charge is 0.496 e. The fraction of sp³-hybridized carbons (Fsp3) is 0.417. The number of hydrogen-bond donors (Lipinski definition) is 1. The molecule has 1 atom stereocenters. The number of amides is 2. The Labute approximate surface area is 184 Å². The molecule has 1 unspecified atom stereocenters. The van der Waals surface area contributed by atoms with Crippen LogP contribution in [0.5, 0.6) is 11.5 Å². The molecule has 168 valence electrons. The number of benzene rings is 2. The SMILES string of the molecule is CCc1c(C(C)N(CCOCc2ccccc2)C(N)=O)cc(OC)c(C(C)=O)c1OC. The van der Waals surface area contributed by atoms with E-state index in [0.717, 1.165) is 16.7 Å². The summed E-state index contributed by atoms with van der Waals surface area (Å²) in [7, 11) is 3.03. The van der Waals surface area contributed by atoms with Gasteiger partial charge in [-0.2, -0.15) is 0 Å². The van der Waals surface area contributed by atoms with E-state index >= 15 is 0 Å². The highest BCUT2D eigenvalue weighted by atomic mass is 16.5. The van der Waals surface area contributed by atoms with E-state index in [2.05, 4.69) is 0 Å². The van der Waals surface area contributed by atoms with Gasteiger partial charge in [0.05, 0.1) is 33.5 Å². The summed E-state index contributed by atoms with van der Waals surface area (Å²) < 4.78 is 16.8. The van der Waals surface area contributed by atoms with Crippen molar-refractivity contribution in [2.24, 2.45) is 5.73 Å². The number of nitrogens with two attached hydrogens (primary N) is 1. The van der Waals surface area contributed by atoms with E-state index in [1.54, 1.807) is 11.0 Å². The lowest BCUT2D eigenvalue weighted by Gasteiger charge is -2.30. The van der Waals surface area contributed by atoms with E-state index in [1.807, 2.05) is 44.2 Å². The monoisotopic (exact) mass is 428 g/mol. The number of ether oxygens (including phenoxy) is 3. The van der Waals surface area contributed by atoms with Crippen LogP contribution in [0.1, 0.15) is 53.9 Å². The Balaban J connectivity index is 2.28. The number of carbonyl (C=O) groups excluding carboxylic acids is 2. The molecule has 2 rings (SSSR count). The molecule has 2 N–H and O–H groups in total. The fourth-order valence-corrected chi connectivity index (χ4v) is 3.74. The Morgan fingerprint density at radius 2 is 1.81 bits per heavy atom. The lowest BCUT2D eigenvalue weighted by molar-refractivity contribution is 0.0913. The normalized spacial score (nSPS) is 11.6. The van der Waals surface area contributed by atoms with Gasteiger partial charge in [0.2, 0.25) is 0 Å². The maximum absolute atomic E-state index is 12.2. The quantitative estimate of drug-likeness (QED) is 0.429. The topological polar surface area (TPSA) is 91.1 Å². The lowest BCUT2D eigenvalue weighted by atomic mass is 9.92. The Hall–Kier alpha value is -3.06. The maximum Gasteiger partial charge on any atom is 0.315 e. The highest BCUT2D eigenvalue weighted by Gasteiger charge is 2.27. The first-order valence-corrected chi connectivity index (χ1v) is 10.3. The summed E-state index contributed by atoms with van der Waals surface area (Å²) in [5, 5.41) is 0. The molecule has 0 fully saturated rings. The number of nitrogens with zero attached hydrogens (tertiary/aromatic N) is 1. The van der Waals surface area contributed by atoms with Crippen LogP contribution in [0.3, 0.4) is 0 Å². The van der Waals surface area contributed by atoms with Crippen LogP contribution in [0.25, 0.3) is 0 Å². The number of carbonyl (C=O) groups is 2. The first-order valence-electron chi connectivity index (χ1n) is 10.3. The second-order valence-corrected chi connectivity index (χ2v) is 7.21. The van der Waals surface area contributed by atoms with Crippen LogP contribution in [0.2, 0.25) is 0 Å². The molecule has 7 heteroatoms. The van der Waals surface area contributed by atoms with Crippen LogP contribution in [-0.4, -0.2) is 44.1 Å². The number of methoxy groups -OCH3 is 2. The second-order valence-electron chi connectivity index (χ2n) is 7.21. The predicted octanol–water partition coefficient (Wildman–Crippen LogP) is 4.13. The van der Waals surface area contributed by atoms with Crippen LogP contribution in [-0.2, 0) is 17.8 Å². The molecule has 0 heterocycles. The Morgan fingerprint density at radius 3 is 2.32 bits per heavy atom. The summed E-state index contributed by atoms with van der Waals surface area (Å²) in [6.45, 7) is 6.46. The number of hydrogen-bond acceptors (Lipinski definition) is 5. The van der Waals surface area contributed by atoms with Gasteiger partial charge in [0, 0.05) is 12.1 Å². The van der Waals surface area contributed by atoms with E-state index in [4.69, 9.17) is 19.9 Å². The minimum Gasteiger partial charge on any atom is -0.496 e. The zero-order valence-electron chi connectivity index (χ0n) is 18.9. The highest BCUT2D eigenvalue weighted by Crippen LogP contribution is 2.39. The summed E-state index contributed by atoms with van der Waals surface area (Å²) >= 11 is 0. The summed E-state index contributed by atoms with van der Waals surface area (Å²) in [6.07, 6.45) is 0.615. The molecular weight excluding hydrogens is 396 g/mol.